The molecule has 2 saturated heterocycles. The summed E-state index contributed by atoms with van der Waals surface area (Å²) in [4.78, 5) is 29.6. The summed E-state index contributed by atoms with van der Waals surface area (Å²) in [5.74, 6) is -0.221. The Kier molecular flexibility index (Phi) is 3.29. The van der Waals surface area contributed by atoms with E-state index in [-0.39, 0.29) is 18.5 Å². The molecule has 2 atom stereocenters. The van der Waals surface area contributed by atoms with Crippen molar-refractivity contribution in [2.75, 3.05) is 14.1 Å². The topological polar surface area (TPSA) is 55.9 Å². The SMILES string of the molecule is CN1C(=O)N(Cc2ccccc2)C(=O)C2C1NC(=S)N2C. The number of carbonyl (C=O) groups is 2. The number of likely N-dealkylation sites (N-methyl/N-ethyl adjacent to an activating group) is 2. The number of imide groups is 1. The zero-order valence-corrected chi connectivity index (χ0v) is 12.6. The normalized spacial score (nSPS) is 25.2. The Balaban J connectivity index is 1.89. The van der Waals surface area contributed by atoms with Crippen molar-refractivity contribution < 1.29 is 9.59 Å². The highest BCUT2D eigenvalue weighted by Gasteiger charge is 2.51. The molecule has 2 aliphatic rings. The maximum Gasteiger partial charge on any atom is 0.328 e. The molecule has 21 heavy (non-hydrogen) atoms. The number of nitrogens with zero attached hydrogens (tertiary/aromatic N) is 3. The van der Waals surface area contributed by atoms with E-state index in [1.54, 1.807) is 19.0 Å². The first kappa shape index (κ1) is 13.8. The van der Waals surface area contributed by atoms with Gasteiger partial charge in [-0.15, -0.1) is 0 Å². The predicted molar refractivity (Wildman–Crippen MR) is 81.2 cm³/mol. The smallest absolute Gasteiger partial charge is 0.328 e. The molecule has 3 amide bonds. The molecule has 7 heteroatoms. The molecule has 2 heterocycles. The summed E-state index contributed by atoms with van der Waals surface area (Å²) in [6.07, 6.45) is -0.394. The predicted octanol–water partition coefficient (Wildman–Crippen LogP) is 0.595. The fraction of sp³-hybridized carbons (Fsp3) is 0.357. The highest BCUT2D eigenvalue weighted by Crippen LogP contribution is 2.24. The molecule has 0 saturated carbocycles. The lowest BCUT2D eigenvalue weighted by molar-refractivity contribution is -0.137. The monoisotopic (exact) mass is 304 g/mol. The molecule has 2 unspecified atom stereocenters. The van der Waals surface area contributed by atoms with Crippen LogP contribution in [-0.2, 0) is 11.3 Å². The molecular formula is C14H16N4O2S. The number of rotatable bonds is 2. The van der Waals surface area contributed by atoms with Crippen LogP contribution >= 0.6 is 12.2 Å². The van der Waals surface area contributed by atoms with Crippen LogP contribution in [0.2, 0.25) is 0 Å². The van der Waals surface area contributed by atoms with Gasteiger partial charge in [0.25, 0.3) is 5.91 Å². The lowest BCUT2D eigenvalue weighted by Crippen LogP contribution is -2.65. The van der Waals surface area contributed by atoms with Crippen LogP contribution < -0.4 is 5.32 Å². The molecule has 0 spiro atoms. The Morgan fingerprint density at radius 3 is 2.48 bits per heavy atom. The molecule has 0 bridgehead atoms. The van der Waals surface area contributed by atoms with Gasteiger partial charge < -0.3 is 15.1 Å². The average molecular weight is 304 g/mol. The van der Waals surface area contributed by atoms with E-state index in [4.69, 9.17) is 12.2 Å². The number of amides is 3. The number of urea groups is 1. The van der Waals surface area contributed by atoms with Crippen LogP contribution in [0.3, 0.4) is 0 Å². The number of hydrogen-bond acceptors (Lipinski definition) is 3. The second kappa shape index (κ2) is 5.00. The number of thiocarbonyl (C=S) groups is 1. The molecule has 2 fully saturated rings. The summed E-state index contributed by atoms with van der Waals surface area (Å²) in [6.45, 7) is 0.271. The lowest BCUT2D eigenvalue weighted by Gasteiger charge is -2.40. The fourth-order valence-corrected chi connectivity index (χ4v) is 2.96. The van der Waals surface area contributed by atoms with Crippen LogP contribution in [-0.4, -0.2) is 58.1 Å². The van der Waals surface area contributed by atoms with E-state index in [9.17, 15) is 9.59 Å². The van der Waals surface area contributed by atoms with Crippen LogP contribution in [0.15, 0.2) is 30.3 Å². The summed E-state index contributed by atoms with van der Waals surface area (Å²) in [5.41, 5.74) is 0.919. The van der Waals surface area contributed by atoms with Crippen LogP contribution in [0, 0.1) is 0 Å². The zero-order valence-electron chi connectivity index (χ0n) is 11.8. The minimum Gasteiger partial charge on any atom is -0.340 e. The number of nitrogens with one attached hydrogen (secondary N) is 1. The van der Waals surface area contributed by atoms with Crippen molar-refractivity contribution in [1.82, 2.24) is 20.0 Å². The molecule has 2 aliphatic heterocycles. The van der Waals surface area contributed by atoms with Gasteiger partial charge >= 0.3 is 6.03 Å². The number of hydrogen-bond donors (Lipinski definition) is 1. The molecule has 3 rings (SSSR count). The van der Waals surface area contributed by atoms with Crippen molar-refractivity contribution in [3.63, 3.8) is 0 Å². The Hall–Kier alpha value is -2.15. The van der Waals surface area contributed by atoms with E-state index in [1.807, 2.05) is 30.3 Å². The summed E-state index contributed by atoms with van der Waals surface area (Å²) in [6, 6.07) is 8.69. The van der Waals surface area contributed by atoms with Gasteiger partial charge in [-0.3, -0.25) is 9.69 Å². The lowest BCUT2D eigenvalue weighted by atomic mass is 10.1. The molecule has 1 aromatic carbocycles. The number of benzene rings is 1. The second-order valence-corrected chi connectivity index (χ2v) is 5.64. The molecule has 6 nitrogen and oxygen atoms in total. The van der Waals surface area contributed by atoms with Gasteiger partial charge in [0.1, 0.15) is 12.2 Å². The van der Waals surface area contributed by atoms with Crippen molar-refractivity contribution in [2.24, 2.45) is 0 Å². The van der Waals surface area contributed by atoms with Crippen LogP contribution in [0.4, 0.5) is 4.79 Å². The fourth-order valence-electron chi connectivity index (χ4n) is 2.73. The van der Waals surface area contributed by atoms with Gasteiger partial charge in [-0.05, 0) is 17.8 Å². The van der Waals surface area contributed by atoms with Gasteiger partial charge in [0, 0.05) is 14.1 Å². The Morgan fingerprint density at radius 1 is 1.14 bits per heavy atom. The zero-order chi connectivity index (χ0) is 15.1. The first-order valence-electron chi connectivity index (χ1n) is 6.66. The summed E-state index contributed by atoms with van der Waals surface area (Å²) < 4.78 is 0. The maximum absolute atomic E-state index is 12.7. The third kappa shape index (κ3) is 2.13. The van der Waals surface area contributed by atoms with Crippen molar-refractivity contribution in [1.29, 1.82) is 0 Å². The van der Waals surface area contributed by atoms with Gasteiger partial charge in [-0.2, -0.15) is 0 Å². The Labute approximate surface area is 128 Å². The van der Waals surface area contributed by atoms with Crippen molar-refractivity contribution in [3.8, 4) is 0 Å². The standard InChI is InChI=1S/C14H16N4O2S/c1-16-10-11(15-13(16)21)17(2)14(20)18(12(10)19)8-9-6-4-3-5-7-9/h3-7,10-11H,8H2,1-2H3,(H,15,21). The third-order valence-electron chi connectivity index (χ3n) is 3.96. The average Bonchev–Trinajstić information content (AvgIpc) is 2.79. The minimum atomic E-state index is -0.469. The van der Waals surface area contributed by atoms with Crippen LogP contribution in [0.25, 0.3) is 0 Å². The third-order valence-corrected chi connectivity index (χ3v) is 4.37. The molecule has 1 aromatic rings. The minimum absolute atomic E-state index is 0.221. The summed E-state index contributed by atoms with van der Waals surface area (Å²) >= 11 is 5.18. The molecular weight excluding hydrogens is 288 g/mol. The van der Waals surface area contributed by atoms with Gasteiger partial charge in [-0.25, -0.2) is 4.79 Å². The van der Waals surface area contributed by atoms with E-state index in [0.29, 0.717) is 5.11 Å². The van der Waals surface area contributed by atoms with Gasteiger partial charge in [0.15, 0.2) is 5.11 Å². The van der Waals surface area contributed by atoms with Gasteiger partial charge in [0.05, 0.1) is 6.54 Å². The van der Waals surface area contributed by atoms with E-state index in [0.717, 1.165) is 5.56 Å². The highest BCUT2D eigenvalue weighted by molar-refractivity contribution is 7.80. The van der Waals surface area contributed by atoms with E-state index in [2.05, 4.69) is 5.32 Å². The number of fused-ring (bicyclic) bond motifs is 1. The first-order valence-corrected chi connectivity index (χ1v) is 7.07. The maximum atomic E-state index is 12.7. The van der Waals surface area contributed by atoms with Crippen LogP contribution in [0.1, 0.15) is 5.56 Å². The quantitative estimate of drug-likeness (QED) is 0.811. The molecule has 0 aromatic heterocycles. The second-order valence-electron chi connectivity index (χ2n) is 5.25. The summed E-state index contributed by atoms with van der Waals surface area (Å²) in [5, 5.41) is 3.50. The van der Waals surface area contributed by atoms with Crippen molar-refractivity contribution in [3.05, 3.63) is 35.9 Å². The molecule has 0 aliphatic carbocycles. The van der Waals surface area contributed by atoms with Crippen LogP contribution in [0.5, 0.6) is 0 Å². The van der Waals surface area contributed by atoms with E-state index >= 15 is 0 Å². The highest BCUT2D eigenvalue weighted by atomic mass is 32.1. The largest absolute Gasteiger partial charge is 0.340 e. The Bertz CT molecular complexity index is 606. The Morgan fingerprint density at radius 2 is 1.81 bits per heavy atom. The summed E-state index contributed by atoms with van der Waals surface area (Å²) in [7, 11) is 3.45. The molecule has 1 N–H and O–H groups in total. The van der Waals surface area contributed by atoms with E-state index < -0.39 is 12.2 Å². The molecule has 110 valence electrons. The van der Waals surface area contributed by atoms with Gasteiger partial charge in [-0.1, -0.05) is 30.3 Å². The van der Waals surface area contributed by atoms with Crippen molar-refractivity contribution >= 4 is 29.3 Å². The van der Waals surface area contributed by atoms with Gasteiger partial charge in [0.2, 0.25) is 0 Å². The molecule has 0 radical (unpaired) electrons. The first-order chi connectivity index (χ1) is 10.0. The van der Waals surface area contributed by atoms with E-state index in [1.165, 1.54) is 9.80 Å². The van der Waals surface area contributed by atoms with Crippen molar-refractivity contribution in [2.45, 2.75) is 18.8 Å². The number of carbonyl (C=O) groups excluding carboxylic acids is 2.